The number of hydrogen-bond donors (Lipinski definition) is 0. The van der Waals surface area contributed by atoms with E-state index in [4.69, 9.17) is 0 Å². The van der Waals surface area contributed by atoms with Crippen LogP contribution in [0, 0.1) is 0 Å². The fraction of sp³-hybridized carbons (Fsp3) is 0.324. The summed E-state index contributed by atoms with van der Waals surface area (Å²) in [6, 6.07) is 65.4. The van der Waals surface area contributed by atoms with Crippen molar-refractivity contribution in [2.24, 2.45) is 0 Å². The number of para-hydroxylation sites is 1. The van der Waals surface area contributed by atoms with Crippen LogP contribution in [0.1, 0.15) is 157 Å². The zero-order valence-electron chi connectivity index (χ0n) is 46.6. The molecule has 8 aromatic carbocycles. The van der Waals surface area contributed by atoms with E-state index in [-0.39, 0.29) is 32.5 Å². The highest BCUT2D eigenvalue weighted by Crippen LogP contribution is 2.52. The number of rotatable bonds is 7. The standard InChI is InChI=1S/C71H79N/c1-66(2,3)53-24-22-23-47(37-53)60-25-19-21-28-65(60)72(59-33-34-62-61-26-18-20-27-63(61)71(16,17)64(62)45-59)58-31-29-46(30-32-58)48-35-49(39-54(38-48)67(4,5)6)50-36-51(41-55(40-50)68(7,8)9)52-42-56(69(10,11)12)44-57(43-52)70(13,14)15/h18-45H,1-17H3. The van der Waals surface area contributed by atoms with Crippen LogP contribution in [0.4, 0.5) is 17.1 Å². The Morgan fingerprint density at radius 3 is 1.19 bits per heavy atom. The molecule has 0 heterocycles. The molecule has 0 aliphatic heterocycles. The molecule has 9 rings (SSSR count). The first-order chi connectivity index (χ1) is 33.6. The van der Waals surface area contributed by atoms with Gasteiger partial charge in [0.1, 0.15) is 0 Å². The van der Waals surface area contributed by atoms with Crippen LogP contribution in [-0.2, 0) is 32.5 Å². The molecule has 0 saturated carbocycles. The van der Waals surface area contributed by atoms with Crippen molar-refractivity contribution in [2.75, 3.05) is 4.90 Å². The van der Waals surface area contributed by atoms with Crippen LogP contribution in [-0.4, -0.2) is 0 Å². The second kappa shape index (κ2) is 17.9. The maximum absolute atomic E-state index is 2.48. The molecule has 72 heavy (non-hydrogen) atoms. The minimum absolute atomic E-state index is 0.0229. The summed E-state index contributed by atoms with van der Waals surface area (Å²) in [5.74, 6) is 0. The third-order valence-corrected chi connectivity index (χ3v) is 15.4. The zero-order valence-corrected chi connectivity index (χ0v) is 46.6. The van der Waals surface area contributed by atoms with Gasteiger partial charge in [-0.1, -0.05) is 245 Å². The van der Waals surface area contributed by atoms with Crippen molar-refractivity contribution in [1.82, 2.24) is 0 Å². The van der Waals surface area contributed by atoms with Crippen molar-refractivity contribution < 1.29 is 0 Å². The summed E-state index contributed by atoms with van der Waals surface area (Å²) >= 11 is 0. The lowest BCUT2D eigenvalue weighted by Crippen LogP contribution is -2.17. The first-order valence-electron chi connectivity index (χ1n) is 26.4. The van der Waals surface area contributed by atoms with Gasteiger partial charge in [-0.2, -0.15) is 0 Å². The molecule has 1 aliphatic rings. The first kappa shape index (κ1) is 50.5. The van der Waals surface area contributed by atoms with Gasteiger partial charge in [0.2, 0.25) is 0 Å². The number of benzene rings is 8. The summed E-state index contributed by atoms with van der Waals surface area (Å²) in [4.78, 5) is 2.48. The molecule has 0 atom stereocenters. The minimum Gasteiger partial charge on any atom is -0.310 e. The Morgan fingerprint density at radius 1 is 0.278 bits per heavy atom. The van der Waals surface area contributed by atoms with E-state index in [1.54, 1.807) is 0 Å². The van der Waals surface area contributed by atoms with E-state index in [1.807, 2.05) is 0 Å². The molecule has 0 fully saturated rings. The van der Waals surface area contributed by atoms with E-state index < -0.39 is 0 Å². The Hall–Kier alpha value is -6.44. The lowest BCUT2D eigenvalue weighted by Gasteiger charge is -2.30. The molecule has 0 N–H and O–H groups in total. The summed E-state index contributed by atoms with van der Waals surface area (Å²) in [5, 5.41) is 0. The van der Waals surface area contributed by atoms with Gasteiger partial charge in [0.15, 0.2) is 0 Å². The van der Waals surface area contributed by atoms with E-state index in [0.29, 0.717) is 0 Å². The second-order valence-corrected chi connectivity index (χ2v) is 26.5. The van der Waals surface area contributed by atoms with Crippen molar-refractivity contribution >= 4 is 17.1 Å². The third-order valence-electron chi connectivity index (χ3n) is 15.4. The summed E-state index contributed by atoms with van der Waals surface area (Å²) in [6.07, 6.45) is 0. The topological polar surface area (TPSA) is 3.24 Å². The van der Waals surface area contributed by atoms with E-state index in [0.717, 1.165) is 17.1 Å². The summed E-state index contributed by atoms with van der Waals surface area (Å²) in [6.45, 7) is 39.7. The highest BCUT2D eigenvalue weighted by Gasteiger charge is 2.36. The minimum atomic E-state index is -0.132. The number of nitrogens with zero attached hydrogens (tertiary/aromatic N) is 1. The Morgan fingerprint density at radius 2 is 0.681 bits per heavy atom. The van der Waals surface area contributed by atoms with Crippen molar-refractivity contribution in [3.8, 4) is 55.6 Å². The van der Waals surface area contributed by atoms with Gasteiger partial charge in [-0.15, -0.1) is 0 Å². The molecule has 0 amide bonds. The largest absolute Gasteiger partial charge is 0.310 e. The Labute approximate surface area is 434 Å². The van der Waals surface area contributed by atoms with Gasteiger partial charge in [0.05, 0.1) is 5.69 Å². The molecule has 8 aromatic rings. The van der Waals surface area contributed by atoms with Gasteiger partial charge in [-0.05, 0) is 159 Å². The molecule has 0 radical (unpaired) electrons. The molecule has 0 aromatic heterocycles. The van der Waals surface area contributed by atoms with Gasteiger partial charge in [0.25, 0.3) is 0 Å². The van der Waals surface area contributed by atoms with Crippen LogP contribution < -0.4 is 4.90 Å². The average Bonchev–Trinajstić information content (AvgIpc) is 3.55. The number of anilines is 3. The van der Waals surface area contributed by atoms with Crippen molar-refractivity contribution in [1.29, 1.82) is 0 Å². The Balaban J connectivity index is 1.20. The maximum Gasteiger partial charge on any atom is 0.0540 e. The van der Waals surface area contributed by atoms with Gasteiger partial charge in [0, 0.05) is 22.4 Å². The Kier molecular flexibility index (Phi) is 12.6. The molecule has 1 aliphatic carbocycles. The van der Waals surface area contributed by atoms with E-state index >= 15 is 0 Å². The van der Waals surface area contributed by atoms with E-state index in [9.17, 15) is 0 Å². The fourth-order valence-corrected chi connectivity index (χ4v) is 10.6. The molecular formula is C71H79N. The van der Waals surface area contributed by atoms with Gasteiger partial charge < -0.3 is 4.90 Å². The normalized spacial score (nSPS) is 13.7. The molecule has 1 nitrogen and oxygen atoms in total. The van der Waals surface area contributed by atoms with Gasteiger partial charge in [-0.3, -0.25) is 0 Å². The number of fused-ring (bicyclic) bond motifs is 3. The van der Waals surface area contributed by atoms with Crippen molar-refractivity contribution in [3.63, 3.8) is 0 Å². The van der Waals surface area contributed by atoms with Crippen LogP contribution in [0.2, 0.25) is 0 Å². The quantitative estimate of drug-likeness (QED) is 0.154. The Bertz CT molecular complexity index is 3290. The van der Waals surface area contributed by atoms with Crippen LogP contribution in [0.5, 0.6) is 0 Å². The molecular weight excluding hydrogens is 867 g/mol. The second-order valence-electron chi connectivity index (χ2n) is 26.5. The summed E-state index contributed by atoms with van der Waals surface area (Å²) < 4.78 is 0. The molecule has 1 heteroatoms. The molecule has 0 saturated heterocycles. The van der Waals surface area contributed by atoms with Crippen LogP contribution in [0.3, 0.4) is 0 Å². The fourth-order valence-electron chi connectivity index (χ4n) is 10.6. The molecule has 0 spiro atoms. The molecule has 0 bridgehead atoms. The van der Waals surface area contributed by atoms with Crippen molar-refractivity contribution in [3.05, 3.63) is 209 Å². The highest BCUT2D eigenvalue weighted by atomic mass is 15.1. The molecule has 368 valence electrons. The first-order valence-corrected chi connectivity index (χ1v) is 26.4. The van der Waals surface area contributed by atoms with E-state index in [2.05, 4.69) is 292 Å². The monoisotopic (exact) mass is 946 g/mol. The lowest BCUT2D eigenvalue weighted by atomic mass is 9.77. The van der Waals surface area contributed by atoms with E-state index in [1.165, 1.54) is 94.6 Å². The van der Waals surface area contributed by atoms with Crippen LogP contribution in [0.25, 0.3) is 55.6 Å². The zero-order chi connectivity index (χ0) is 51.9. The SMILES string of the molecule is CC(C)(C)c1cc(-c2ccc(N(c3ccc4c(c3)C(C)(C)c3ccccc3-4)c3ccccc3-c3cccc(C(C)(C)C)c3)cc2)cc(-c2cc(-c3cc(C(C)(C)C)cc(C(C)(C)C)c3)cc(C(C)(C)C)c2)c1. The maximum atomic E-state index is 2.48. The summed E-state index contributed by atoms with van der Waals surface area (Å²) in [5.41, 5.74) is 25.3. The highest BCUT2D eigenvalue weighted by molar-refractivity contribution is 5.91. The van der Waals surface area contributed by atoms with Crippen molar-refractivity contribution in [2.45, 2.75) is 150 Å². The third kappa shape index (κ3) is 9.89. The smallest absolute Gasteiger partial charge is 0.0540 e. The predicted molar refractivity (Wildman–Crippen MR) is 314 cm³/mol. The number of hydrogen-bond acceptors (Lipinski definition) is 1. The molecule has 0 unspecified atom stereocenters. The van der Waals surface area contributed by atoms with Crippen LogP contribution in [0.15, 0.2) is 170 Å². The van der Waals surface area contributed by atoms with Crippen LogP contribution >= 0.6 is 0 Å². The average molecular weight is 946 g/mol. The lowest BCUT2D eigenvalue weighted by molar-refractivity contribution is 0.569. The predicted octanol–water partition coefficient (Wildman–Crippen LogP) is 20.6. The van der Waals surface area contributed by atoms with Gasteiger partial charge in [-0.25, -0.2) is 0 Å². The van der Waals surface area contributed by atoms with Gasteiger partial charge >= 0.3 is 0 Å². The summed E-state index contributed by atoms with van der Waals surface area (Å²) in [7, 11) is 0.